The molecule has 1 aliphatic rings. The molecule has 0 N–H and O–H groups in total. The van der Waals surface area contributed by atoms with Gasteiger partial charge in [-0.05, 0) is 36.8 Å². The zero-order valence-electron chi connectivity index (χ0n) is 14.0. The lowest BCUT2D eigenvalue weighted by Crippen LogP contribution is -2.37. The average Bonchev–Trinajstić information content (AvgIpc) is 3.25. The van der Waals surface area contributed by atoms with Gasteiger partial charge in [-0.15, -0.1) is 11.3 Å². The third kappa shape index (κ3) is 3.66. The average molecular weight is 351 g/mol. The van der Waals surface area contributed by atoms with E-state index in [2.05, 4.69) is 35.3 Å². The normalized spacial score (nSPS) is 16.1. The molecule has 25 heavy (non-hydrogen) atoms. The molecular weight excluding hydrogens is 330 g/mol. The Morgan fingerprint density at radius 2 is 2.04 bits per heavy atom. The minimum Gasteiger partial charge on any atom is -0.339 e. The smallest absolute Gasteiger partial charge is 0.246 e. The summed E-state index contributed by atoms with van der Waals surface area (Å²) in [6, 6.07) is 10.6. The summed E-state index contributed by atoms with van der Waals surface area (Å²) in [6.45, 7) is 1.70. The van der Waals surface area contributed by atoms with Gasteiger partial charge in [-0.25, -0.2) is 4.98 Å². The number of hydrogen-bond acceptors (Lipinski definition) is 3. The van der Waals surface area contributed by atoms with E-state index in [1.807, 2.05) is 33.2 Å². The molecule has 5 heteroatoms. The van der Waals surface area contributed by atoms with E-state index < -0.39 is 0 Å². The number of aromatic nitrogens is 2. The highest BCUT2D eigenvalue weighted by atomic mass is 32.1. The zero-order valence-corrected chi connectivity index (χ0v) is 14.9. The van der Waals surface area contributed by atoms with Gasteiger partial charge >= 0.3 is 0 Å². The molecule has 4 rings (SSSR count). The van der Waals surface area contributed by atoms with Crippen molar-refractivity contribution < 1.29 is 4.79 Å². The Kier molecular flexibility index (Phi) is 4.65. The summed E-state index contributed by atoms with van der Waals surface area (Å²) in [5, 5.41) is 2.00. The van der Waals surface area contributed by atoms with E-state index in [9.17, 15) is 4.79 Å². The van der Waals surface area contributed by atoms with E-state index in [1.165, 1.54) is 5.56 Å². The number of carbonyl (C=O) groups excluding carboxylic acids is 1. The maximum Gasteiger partial charge on any atom is 0.246 e. The van der Waals surface area contributed by atoms with Gasteiger partial charge in [0, 0.05) is 30.7 Å². The van der Waals surface area contributed by atoms with Crippen LogP contribution in [-0.2, 0) is 11.2 Å². The Hall–Kier alpha value is -2.40. The minimum absolute atomic E-state index is 0.100. The van der Waals surface area contributed by atoms with Gasteiger partial charge in [0.05, 0.1) is 11.9 Å². The van der Waals surface area contributed by atoms with Crippen molar-refractivity contribution in [3.8, 4) is 0 Å². The number of piperidine rings is 1. The van der Waals surface area contributed by atoms with Crippen LogP contribution in [-0.4, -0.2) is 33.3 Å². The Labute approximate surface area is 151 Å². The van der Waals surface area contributed by atoms with Crippen LogP contribution < -0.4 is 0 Å². The third-order valence-corrected chi connectivity index (χ3v) is 5.64. The molecule has 1 amide bonds. The molecule has 4 nitrogen and oxygen atoms in total. The predicted octanol–water partition coefficient (Wildman–Crippen LogP) is 3.89. The summed E-state index contributed by atoms with van der Waals surface area (Å²) in [6.07, 6.45) is 10.6. The summed E-state index contributed by atoms with van der Waals surface area (Å²) in [5.74, 6) is 0.777. The predicted molar refractivity (Wildman–Crippen MR) is 102 cm³/mol. The zero-order chi connectivity index (χ0) is 17.1. The van der Waals surface area contributed by atoms with Gasteiger partial charge in [-0.2, -0.15) is 0 Å². The van der Waals surface area contributed by atoms with Crippen molar-refractivity contribution in [2.45, 2.75) is 19.3 Å². The van der Waals surface area contributed by atoms with Crippen molar-refractivity contribution in [2.24, 2.45) is 5.92 Å². The molecule has 0 atom stereocenters. The van der Waals surface area contributed by atoms with E-state index >= 15 is 0 Å². The molecule has 1 aromatic carbocycles. The topological polar surface area (TPSA) is 37.6 Å². The standard InChI is InChI=1S/C20H21N3OS/c24-19(7-6-18-15-21-20-23(18)12-13-25-20)22-10-8-17(9-11-22)14-16-4-2-1-3-5-16/h1-7,12-13,15,17H,8-11,14H2/b7-6+. The molecule has 3 heterocycles. The van der Waals surface area contributed by atoms with Crippen LogP contribution in [0.3, 0.4) is 0 Å². The van der Waals surface area contributed by atoms with Crippen LogP contribution in [0.1, 0.15) is 24.1 Å². The second-order valence-electron chi connectivity index (χ2n) is 6.53. The maximum absolute atomic E-state index is 12.4. The summed E-state index contributed by atoms with van der Waals surface area (Å²) >= 11 is 1.59. The number of imidazole rings is 1. The highest BCUT2D eigenvalue weighted by Gasteiger charge is 2.21. The van der Waals surface area contributed by atoms with E-state index in [0.29, 0.717) is 5.92 Å². The van der Waals surface area contributed by atoms with Gasteiger partial charge in [0.2, 0.25) is 5.91 Å². The first-order valence-corrected chi connectivity index (χ1v) is 9.59. The molecule has 0 unspecified atom stereocenters. The van der Waals surface area contributed by atoms with Crippen molar-refractivity contribution in [1.82, 2.24) is 14.3 Å². The molecule has 1 fully saturated rings. The van der Waals surface area contributed by atoms with Crippen LogP contribution in [0.15, 0.2) is 54.2 Å². The Morgan fingerprint density at radius 1 is 1.24 bits per heavy atom. The lowest BCUT2D eigenvalue weighted by molar-refractivity contribution is -0.127. The fraction of sp³-hybridized carbons (Fsp3) is 0.300. The molecule has 0 aliphatic carbocycles. The molecule has 0 saturated carbocycles. The third-order valence-electron chi connectivity index (χ3n) is 4.86. The molecule has 1 saturated heterocycles. The molecule has 2 aromatic heterocycles. The molecule has 0 spiro atoms. The van der Waals surface area contributed by atoms with Crippen LogP contribution in [0.2, 0.25) is 0 Å². The maximum atomic E-state index is 12.4. The monoisotopic (exact) mass is 351 g/mol. The van der Waals surface area contributed by atoms with Crippen molar-refractivity contribution in [3.63, 3.8) is 0 Å². The number of likely N-dealkylation sites (tertiary alicyclic amines) is 1. The number of thiazole rings is 1. The molecule has 0 bridgehead atoms. The number of benzene rings is 1. The molecule has 3 aromatic rings. The quantitative estimate of drug-likeness (QED) is 0.669. The van der Waals surface area contributed by atoms with Gasteiger partial charge in [-0.1, -0.05) is 30.3 Å². The summed E-state index contributed by atoms with van der Waals surface area (Å²) in [5.41, 5.74) is 2.34. The van der Waals surface area contributed by atoms with E-state index in [1.54, 1.807) is 17.4 Å². The van der Waals surface area contributed by atoms with Crippen molar-refractivity contribution >= 4 is 28.3 Å². The van der Waals surface area contributed by atoms with Crippen LogP contribution in [0.4, 0.5) is 0 Å². The highest BCUT2D eigenvalue weighted by Crippen LogP contribution is 2.22. The first-order chi connectivity index (χ1) is 12.3. The van der Waals surface area contributed by atoms with Gasteiger partial charge in [0.25, 0.3) is 0 Å². The molecule has 0 radical (unpaired) electrons. The molecule has 128 valence electrons. The van der Waals surface area contributed by atoms with E-state index in [-0.39, 0.29) is 5.91 Å². The number of nitrogens with zero attached hydrogens (tertiary/aromatic N) is 3. The number of rotatable bonds is 4. The van der Waals surface area contributed by atoms with Crippen molar-refractivity contribution in [3.05, 3.63) is 65.4 Å². The molecular formula is C20H21N3OS. The molecule has 1 aliphatic heterocycles. The van der Waals surface area contributed by atoms with Crippen molar-refractivity contribution in [2.75, 3.05) is 13.1 Å². The fourth-order valence-corrected chi connectivity index (χ4v) is 4.13. The Bertz CT molecular complexity index is 873. The second kappa shape index (κ2) is 7.23. The Morgan fingerprint density at radius 3 is 2.84 bits per heavy atom. The van der Waals surface area contributed by atoms with E-state index in [4.69, 9.17) is 0 Å². The first-order valence-electron chi connectivity index (χ1n) is 8.71. The first kappa shape index (κ1) is 16.1. The van der Waals surface area contributed by atoms with Gasteiger partial charge < -0.3 is 4.90 Å². The van der Waals surface area contributed by atoms with Crippen LogP contribution in [0.5, 0.6) is 0 Å². The van der Waals surface area contributed by atoms with Crippen LogP contribution in [0, 0.1) is 5.92 Å². The van der Waals surface area contributed by atoms with E-state index in [0.717, 1.165) is 43.0 Å². The highest BCUT2D eigenvalue weighted by molar-refractivity contribution is 7.15. The van der Waals surface area contributed by atoms with Gasteiger partial charge in [0.1, 0.15) is 0 Å². The number of fused-ring (bicyclic) bond motifs is 1. The van der Waals surface area contributed by atoms with Gasteiger partial charge in [0.15, 0.2) is 4.96 Å². The van der Waals surface area contributed by atoms with Crippen LogP contribution >= 0.6 is 11.3 Å². The van der Waals surface area contributed by atoms with Crippen molar-refractivity contribution in [1.29, 1.82) is 0 Å². The number of hydrogen-bond donors (Lipinski definition) is 0. The minimum atomic E-state index is 0.100. The lowest BCUT2D eigenvalue weighted by Gasteiger charge is -2.31. The Balaban J connectivity index is 1.32. The summed E-state index contributed by atoms with van der Waals surface area (Å²) in [7, 11) is 0. The number of carbonyl (C=O) groups is 1. The van der Waals surface area contributed by atoms with Gasteiger partial charge in [-0.3, -0.25) is 9.20 Å². The number of amides is 1. The largest absolute Gasteiger partial charge is 0.339 e. The summed E-state index contributed by atoms with van der Waals surface area (Å²) in [4.78, 5) is 19.7. The van der Waals surface area contributed by atoms with Crippen LogP contribution in [0.25, 0.3) is 11.0 Å². The second-order valence-corrected chi connectivity index (χ2v) is 7.40. The SMILES string of the molecule is O=C(/C=C/c1cnc2sccn12)N1CCC(Cc2ccccc2)CC1. The lowest BCUT2D eigenvalue weighted by atomic mass is 9.90. The fourth-order valence-electron chi connectivity index (χ4n) is 3.44. The summed E-state index contributed by atoms with van der Waals surface area (Å²) < 4.78 is 2.00.